The number of amides is 1. The van der Waals surface area contributed by atoms with Crippen LogP contribution in [-0.4, -0.2) is 82.9 Å². The second kappa shape index (κ2) is 11.1. The van der Waals surface area contributed by atoms with Crippen molar-refractivity contribution in [1.82, 2.24) is 25.2 Å². The fourth-order valence-electron chi connectivity index (χ4n) is 4.85. The molecule has 0 spiro atoms. The highest BCUT2D eigenvalue weighted by molar-refractivity contribution is 5.88. The van der Waals surface area contributed by atoms with Crippen LogP contribution in [0.5, 0.6) is 0 Å². The number of carbonyl (C=O) groups excluding carboxylic acids is 1. The largest absolute Gasteiger partial charge is 0.396 e. The molecule has 2 aliphatic heterocycles. The van der Waals surface area contributed by atoms with Crippen LogP contribution in [0.3, 0.4) is 0 Å². The van der Waals surface area contributed by atoms with Gasteiger partial charge >= 0.3 is 0 Å². The summed E-state index contributed by atoms with van der Waals surface area (Å²) in [6, 6.07) is 10.5. The lowest BCUT2D eigenvalue weighted by Crippen LogP contribution is -2.42. The van der Waals surface area contributed by atoms with E-state index in [0.29, 0.717) is 24.9 Å². The zero-order valence-corrected chi connectivity index (χ0v) is 19.8. The number of piperidine rings is 1. The Morgan fingerprint density at radius 2 is 1.97 bits per heavy atom. The van der Waals surface area contributed by atoms with Crippen LogP contribution in [0.4, 0.5) is 5.82 Å². The summed E-state index contributed by atoms with van der Waals surface area (Å²) in [5, 5.41) is 15.8. The summed E-state index contributed by atoms with van der Waals surface area (Å²) < 4.78 is 5.81. The minimum Gasteiger partial charge on any atom is -0.396 e. The molecule has 0 radical (unpaired) electrons. The van der Waals surface area contributed by atoms with Gasteiger partial charge in [0, 0.05) is 57.1 Å². The van der Waals surface area contributed by atoms with Gasteiger partial charge in [0.05, 0.1) is 30.5 Å². The van der Waals surface area contributed by atoms with Crippen LogP contribution < -0.4 is 10.6 Å². The molecule has 35 heavy (non-hydrogen) atoms. The maximum absolute atomic E-state index is 12.0. The van der Waals surface area contributed by atoms with Gasteiger partial charge in [0.2, 0.25) is 5.91 Å². The summed E-state index contributed by atoms with van der Waals surface area (Å²) in [4.78, 5) is 27.8. The Hall–Kier alpha value is -3.14. The normalized spacial score (nSPS) is 19.1. The third kappa shape index (κ3) is 5.58. The molecule has 1 atom stereocenters. The highest BCUT2D eigenvalue weighted by Crippen LogP contribution is 2.31. The van der Waals surface area contributed by atoms with Gasteiger partial charge in [0.1, 0.15) is 5.52 Å². The Bertz CT molecular complexity index is 1140. The van der Waals surface area contributed by atoms with Crippen LogP contribution in [0.2, 0.25) is 0 Å². The highest BCUT2D eigenvalue weighted by Gasteiger charge is 2.23. The van der Waals surface area contributed by atoms with E-state index in [4.69, 9.17) is 14.8 Å². The number of aliphatic hydroxyl groups excluding tert-OH is 1. The maximum atomic E-state index is 12.0. The number of carbonyl (C=O) groups is 1. The Kier molecular flexibility index (Phi) is 7.46. The number of fused-ring (bicyclic) bond motifs is 1. The molecule has 184 valence electrons. The van der Waals surface area contributed by atoms with E-state index in [1.807, 2.05) is 11.0 Å². The van der Waals surface area contributed by atoms with E-state index in [1.54, 1.807) is 12.4 Å². The summed E-state index contributed by atoms with van der Waals surface area (Å²) in [6.07, 6.45) is 5.56. The number of nitrogens with zero attached hydrogens (tertiary/aromatic N) is 4. The topological polar surface area (TPSA) is 112 Å². The zero-order valence-electron chi connectivity index (χ0n) is 19.8. The van der Waals surface area contributed by atoms with Crippen molar-refractivity contribution >= 4 is 22.8 Å². The van der Waals surface area contributed by atoms with Gasteiger partial charge in [-0.3, -0.25) is 9.78 Å². The molecule has 1 unspecified atom stereocenters. The lowest BCUT2D eigenvalue weighted by atomic mass is 9.88. The molecule has 3 N–H and O–H groups in total. The number of likely N-dealkylation sites (tertiary alicyclic amines) is 1. The number of aliphatic hydroxyl groups is 1. The highest BCUT2D eigenvalue weighted by atomic mass is 16.5. The Morgan fingerprint density at radius 1 is 1.17 bits per heavy atom. The van der Waals surface area contributed by atoms with Gasteiger partial charge in [-0.2, -0.15) is 0 Å². The van der Waals surface area contributed by atoms with Gasteiger partial charge in [-0.1, -0.05) is 24.3 Å². The number of aromatic nitrogens is 3. The summed E-state index contributed by atoms with van der Waals surface area (Å²) in [5.74, 6) is 1.19. The number of nitrogens with one attached hydrogen (secondary N) is 2. The van der Waals surface area contributed by atoms with Crippen LogP contribution in [0.1, 0.15) is 30.7 Å². The summed E-state index contributed by atoms with van der Waals surface area (Å²) in [5.41, 5.74) is 4.70. The first-order valence-corrected chi connectivity index (χ1v) is 12.4. The third-order valence-electron chi connectivity index (χ3n) is 6.81. The molecule has 0 bridgehead atoms. The van der Waals surface area contributed by atoms with Gasteiger partial charge in [-0.25, -0.2) is 9.97 Å². The van der Waals surface area contributed by atoms with Crippen molar-refractivity contribution in [1.29, 1.82) is 0 Å². The summed E-state index contributed by atoms with van der Waals surface area (Å²) in [7, 11) is 0. The fraction of sp³-hybridized carbons (Fsp3) is 0.462. The van der Waals surface area contributed by atoms with Gasteiger partial charge < -0.3 is 25.4 Å². The zero-order chi connectivity index (χ0) is 24.0. The quantitative estimate of drug-likeness (QED) is 0.476. The number of pyridine rings is 1. The molecule has 5 rings (SSSR count). The first-order chi connectivity index (χ1) is 17.2. The van der Waals surface area contributed by atoms with Crippen molar-refractivity contribution in [2.45, 2.75) is 31.3 Å². The van der Waals surface area contributed by atoms with Crippen molar-refractivity contribution in [2.75, 3.05) is 51.3 Å². The number of morpholine rings is 1. The Morgan fingerprint density at radius 3 is 2.71 bits per heavy atom. The third-order valence-corrected chi connectivity index (χ3v) is 6.81. The van der Waals surface area contributed by atoms with Gasteiger partial charge in [-0.05, 0) is 30.4 Å². The molecule has 9 nitrogen and oxygen atoms in total. The van der Waals surface area contributed by atoms with E-state index in [-0.39, 0.29) is 25.0 Å². The van der Waals surface area contributed by atoms with E-state index < -0.39 is 0 Å². The minimum atomic E-state index is -0.0859. The number of anilines is 1. The van der Waals surface area contributed by atoms with Crippen LogP contribution in [0, 0.1) is 0 Å². The van der Waals surface area contributed by atoms with E-state index in [1.165, 1.54) is 5.56 Å². The molecule has 2 aromatic heterocycles. The standard InChI is InChI=1S/C26H32N6O3/c33-13-7-24(34)32-11-5-19(6-12-32)18-1-3-20(4-2-18)22-15-23-25(29-9-8-28-23)26(31-22)30-17-21-16-27-10-14-35-21/h1-4,8-9,15,19,21,27,33H,5-7,10-14,16-17H2,(H,30,31). The smallest absolute Gasteiger partial charge is 0.224 e. The monoisotopic (exact) mass is 476 g/mol. The predicted octanol–water partition coefficient (Wildman–Crippen LogP) is 2.18. The SMILES string of the molecule is O=C(CCO)N1CCC(c2ccc(-c3cc4nccnc4c(NCC4CNCCO4)n3)cc2)CC1. The molecular weight excluding hydrogens is 444 g/mol. The molecule has 9 heteroatoms. The average Bonchev–Trinajstić information content (AvgIpc) is 2.92. The van der Waals surface area contributed by atoms with Gasteiger partial charge in [0.15, 0.2) is 5.82 Å². The van der Waals surface area contributed by atoms with Gasteiger partial charge in [-0.15, -0.1) is 0 Å². The lowest BCUT2D eigenvalue weighted by molar-refractivity contribution is -0.132. The minimum absolute atomic E-state index is 0.0440. The van der Waals surface area contributed by atoms with E-state index in [0.717, 1.165) is 61.3 Å². The molecule has 0 saturated carbocycles. The van der Waals surface area contributed by atoms with Gasteiger partial charge in [0.25, 0.3) is 0 Å². The molecule has 0 aliphatic carbocycles. The van der Waals surface area contributed by atoms with E-state index in [9.17, 15) is 4.79 Å². The van der Waals surface area contributed by atoms with Crippen LogP contribution in [0.25, 0.3) is 22.3 Å². The molecule has 4 heterocycles. The van der Waals surface area contributed by atoms with Crippen molar-refractivity contribution in [3.05, 3.63) is 48.3 Å². The first kappa shape index (κ1) is 23.6. The van der Waals surface area contributed by atoms with Crippen molar-refractivity contribution in [2.24, 2.45) is 0 Å². The lowest BCUT2D eigenvalue weighted by Gasteiger charge is -2.32. The number of rotatable bonds is 7. The number of hydrogen-bond acceptors (Lipinski definition) is 8. The van der Waals surface area contributed by atoms with Crippen LogP contribution in [-0.2, 0) is 9.53 Å². The molecular formula is C26H32N6O3. The van der Waals surface area contributed by atoms with E-state index >= 15 is 0 Å². The maximum Gasteiger partial charge on any atom is 0.224 e. The fourth-order valence-corrected chi connectivity index (χ4v) is 4.85. The molecule has 1 amide bonds. The molecule has 2 aliphatic rings. The molecule has 3 aromatic rings. The summed E-state index contributed by atoms with van der Waals surface area (Å²) >= 11 is 0. The van der Waals surface area contributed by atoms with Crippen LogP contribution >= 0.6 is 0 Å². The number of hydrogen-bond donors (Lipinski definition) is 3. The van der Waals surface area contributed by atoms with Crippen molar-refractivity contribution in [3.8, 4) is 11.3 Å². The summed E-state index contributed by atoms with van der Waals surface area (Å²) in [6.45, 7) is 4.45. The molecule has 2 fully saturated rings. The first-order valence-electron chi connectivity index (χ1n) is 12.4. The predicted molar refractivity (Wildman–Crippen MR) is 134 cm³/mol. The second-order valence-corrected chi connectivity index (χ2v) is 9.11. The molecule has 2 saturated heterocycles. The van der Waals surface area contributed by atoms with Crippen LogP contribution in [0.15, 0.2) is 42.7 Å². The number of ether oxygens (including phenoxy) is 1. The van der Waals surface area contributed by atoms with E-state index in [2.05, 4.69) is 44.9 Å². The Labute approximate surface area is 204 Å². The van der Waals surface area contributed by atoms with Crippen molar-refractivity contribution < 1.29 is 14.6 Å². The number of benzene rings is 1. The average molecular weight is 477 g/mol. The molecule has 1 aromatic carbocycles. The Balaban J connectivity index is 1.30. The second-order valence-electron chi connectivity index (χ2n) is 9.11. The van der Waals surface area contributed by atoms with Crippen molar-refractivity contribution in [3.63, 3.8) is 0 Å².